The molecule has 3 unspecified atom stereocenters. The number of aryl methyl sites for hydroxylation is 1. The van der Waals surface area contributed by atoms with Crippen molar-refractivity contribution in [3.63, 3.8) is 0 Å². The first-order chi connectivity index (χ1) is 14.6. The number of fused-ring (bicyclic) bond motifs is 1. The van der Waals surface area contributed by atoms with Gasteiger partial charge in [0.25, 0.3) is 5.91 Å². The quantitative estimate of drug-likeness (QED) is 0.773. The van der Waals surface area contributed by atoms with E-state index in [2.05, 4.69) is 41.4 Å². The van der Waals surface area contributed by atoms with Crippen LogP contribution in [0.1, 0.15) is 42.4 Å². The van der Waals surface area contributed by atoms with Gasteiger partial charge in [-0.05, 0) is 48.3 Å². The molecule has 2 N–H and O–H groups in total. The van der Waals surface area contributed by atoms with Crippen molar-refractivity contribution >= 4 is 5.91 Å². The Hall–Kier alpha value is -2.17. The molecule has 3 fully saturated rings. The fourth-order valence-corrected chi connectivity index (χ4v) is 5.83. The summed E-state index contributed by atoms with van der Waals surface area (Å²) < 4.78 is 0. The molecule has 2 saturated carbocycles. The number of hydrogen-bond donors (Lipinski definition) is 2. The normalized spacial score (nSPS) is 28.1. The SMILES string of the molecule is Cc1ccccc1CN1CC2C(C1)C2NC(=O)C(O)(c1ccccc1)C1CCCC1. The molecule has 1 heterocycles. The van der Waals surface area contributed by atoms with Gasteiger partial charge in [-0.2, -0.15) is 0 Å². The Bertz CT molecular complexity index is 896. The lowest BCUT2D eigenvalue weighted by Crippen LogP contribution is -2.50. The van der Waals surface area contributed by atoms with Crippen LogP contribution in [0, 0.1) is 24.7 Å². The predicted octanol–water partition coefficient (Wildman–Crippen LogP) is 3.62. The van der Waals surface area contributed by atoms with Crippen LogP contribution < -0.4 is 5.32 Å². The lowest BCUT2D eigenvalue weighted by atomic mass is 9.79. The van der Waals surface area contributed by atoms with Gasteiger partial charge in [0.05, 0.1) is 0 Å². The molecule has 3 aliphatic rings. The van der Waals surface area contributed by atoms with Crippen LogP contribution in [0.3, 0.4) is 0 Å². The van der Waals surface area contributed by atoms with Crippen molar-refractivity contribution in [1.82, 2.24) is 10.2 Å². The van der Waals surface area contributed by atoms with Crippen LogP contribution in [0.4, 0.5) is 0 Å². The highest BCUT2D eigenvalue weighted by Gasteiger charge is 2.58. The minimum Gasteiger partial charge on any atom is -0.375 e. The third-order valence-corrected chi connectivity index (χ3v) is 7.73. The van der Waals surface area contributed by atoms with E-state index in [1.165, 1.54) is 11.1 Å². The van der Waals surface area contributed by atoms with Gasteiger partial charge in [0, 0.05) is 31.6 Å². The summed E-state index contributed by atoms with van der Waals surface area (Å²) in [5, 5.41) is 14.9. The molecule has 0 spiro atoms. The summed E-state index contributed by atoms with van der Waals surface area (Å²) >= 11 is 0. The molecule has 1 aliphatic heterocycles. The van der Waals surface area contributed by atoms with Gasteiger partial charge >= 0.3 is 0 Å². The van der Waals surface area contributed by atoms with Crippen LogP contribution in [0.2, 0.25) is 0 Å². The van der Waals surface area contributed by atoms with Crippen molar-refractivity contribution in [2.75, 3.05) is 13.1 Å². The maximum absolute atomic E-state index is 13.4. The number of carbonyl (C=O) groups excluding carboxylic acids is 1. The zero-order chi connectivity index (χ0) is 20.7. The van der Waals surface area contributed by atoms with E-state index in [-0.39, 0.29) is 17.9 Å². The summed E-state index contributed by atoms with van der Waals surface area (Å²) in [6, 6.07) is 18.3. The molecule has 1 amide bonds. The number of nitrogens with zero attached hydrogens (tertiary/aromatic N) is 1. The summed E-state index contributed by atoms with van der Waals surface area (Å²) in [4.78, 5) is 15.9. The summed E-state index contributed by atoms with van der Waals surface area (Å²) in [6.07, 6.45) is 4.02. The summed E-state index contributed by atoms with van der Waals surface area (Å²) in [5.74, 6) is 0.852. The molecule has 4 nitrogen and oxygen atoms in total. The topological polar surface area (TPSA) is 52.6 Å². The van der Waals surface area contributed by atoms with Crippen LogP contribution in [0.25, 0.3) is 0 Å². The molecule has 5 rings (SSSR count). The van der Waals surface area contributed by atoms with Crippen LogP contribution >= 0.6 is 0 Å². The van der Waals surface area contributed by atoms with E-state index in [1.54, 1.807) is 0 Å². The first-order valence-corrected chi connectivity index (χ1v) is 11.4. The average Bonchev–Trinajstić information content (AvgIpc) is 3.18. The van der Waals surface area contributed by atoms with Crippen LogP contribution in [0.15, 0.2) is 54.6 Å². The molecule has 2 aromatic carbocycles. The molecular weight excluding hydrogens is 372 g/mol. The van der Waals surface area contributed by atoms with Crippen molar-refractivity contribution in [2.45, 2.75) is 50.8 Å². The molecule has 30 heavy (non-hydrogen) atoms. The first-order valence-electron chi connectivity index (χ1n) is 11.4. The fraction of sp³-hybridized carbons (Fsp3) is 0.500. The summed E-state index contributed by atoms with van der Waals surface area (Å²) in [5.41, 5.74) is 2.06. The molecular formula is C26H32N2O2. The number of benzene rings is 2. The monoisotopic (exact) mass is 404 g/mol. The van der Waals surface area contributed by atoms with E-state index in [1.807, 2.05) is 30.3 Å². The maximum atomic E-state index is 13.4. The third-order valence-electron chi connectivity index (χ3n) is 7.73. The Morgan fingerprint density at radius 1 is 1.03 bits per heavy atom. The van der Waals surface area contributed by atoms with Gasteiger partial charge < -0.3 is 10.4 Å². The Morgan fingerprint density at radius 3 is 2.33 bits per heavy atom. The average molecular weight is 405 g/mol. The predicted molar refractivity (Wildman–Crippen MR) is 118 cm³/mol. The van der Waals surface area contributed by atoms with E-state index in [0.29, 0.717) is 11.8 Å². The third kappa shape index (κ3) is 3.46. The fourth-order valence-electron chi connectivity index (χ4n) is 5.83. The van der Waals surface area contributed by atoms with Crippen LogP contribution in [-0.4, -0.2) is 35.0 Å². The van der Waals surface area contributed by atoms with E-state index in [9.17, 15) is 9.90 Å². The number of aliphatic hydroxyl groups is 1. The molecule has 2 aliphatic carbocycles. The molecule has 3 atom stereocenters. The Morgan fingerprint density at radius 2 is 1.67 bits per heavy atom. The van der Waals surface area contributed by atoms with E-state index >= 15 is 0 Å². The Labute approximate surface area is 179 Å². The van der Waals surface area contributed by atoms with Crippen LogP contribution in [-0.2, 0) is 16.9 Å². The molecule has 158 valence electrons. The molecule has 0 bridgehead atoms. The number of rotatable bonds is 6. The highest BCUT2D eigenvalue weighted by Crippen LogP contribution is 2.47. The largest absolute Gasteiger partial charge is 0.375 e. The van der Waals surface area contributed by atoms with Crippen molar-refractivity contribution in [3.05, 3.63) is 71.3 Å². The number of carbonyl (C=O) groups is 1. The van der Waals surface area contributed by atoms with Crippen molar-refractivity contribution < 1.29 is 9.90 Å². The first kappa shape index (κ1) is 19.8. The summed E-state index contributed by atoms with van der Waals surface area (Å²) in [6.45, 7) is 5.20. The number of amides is 1. The Balaban J connectivity index is 1.24. The smallest absolute Gasteiger partial charge is 0.257 e. The van der Waals surface area contributed by atoms with Crippen molar-refractivity contribution in [3.8, 4) is 0 Å². The number of likely N-dealkylation sites (tertiary alicyclic amines) is 1. The lowest BCUT2D eigenvalue weighted by Gasteiger charge is -2.33. The second kappa shape index (κ2) is 7.82. The van der Waals surface area contributed by atoms with E-state index in [0.717, 1.165) is 50.9 Å². The van der Waals surface area contributed by atoms with Crippen molar-refractivity contribution in [2.24, 2.45) is 17.8 Å². The molecule has 4 heteroatoms. The maximum Gasteiger partial charge on any atom is 0.257 e. The van der Waals surface area contributed by atoms with E-state index < -0.39 is 5.60 Å². The molecule has 0 aromatic heterocycles. The van der Waals surface area contributed by atoms with Gasteiger partial charge in [-0.25, -0.2) is 0 Å². The summed E-state index contributed by atoms with van der Waals surface area (Å²) in [7, 11) is 0. The number of nitrogens with one attached hydrogen (secondary N) is 1. The molecule has 2 aromatic rings. The van der Waals surface area contributed by atoms with Gasteiger partial charge in [0.15, 0.2) is 5.60 Å². The van der Waals surface area contributed by atoms with Gasteiger partial charge in [-0.15, -0.1) is 0 Å². The second-order valence-electron chi connectivity index (χ2n) is 9.56. The van der Waals surface area contributed by atoms with Crippen molar-refractivity contribution in [1.29, 1.82) is 0 Å². The van der Waals surface area contributed by atoms with Gasteiger partial charge in [0.1, 0.15) is 0 Å². The van der Waals surface area contributed by atoms with Gasteiger partial charge in [-0.1, -0.05) is 67.4 Å². The lowest BCUT2D eigenvalue weighted by molar-refractivity contribution is -0.147. The zero-order valence-corrected chi connectivity index (χ0v) is 17.8. The molecule has 0 radical (unpaired) electrons. The Kier molecular flexibility index (Phi) is 5.16. The van der Waals surface area contributed by atoms with Gasteiger partial charge in [0.2, 0.25) is 0 Å². The zero-order valence-electron chi connectivity index (χ0n) is 17.8. The van der Waals surface area contributed by atoms with Crippen LogP contribution in [0.5, 0.6) is 0 Å². The minimum absolute atomic E-state index is 0.0102. The highest BCUT2D eigenvalue weighted by molar-refractivity contribution is 5.87. The minimum atomic E-state index is -1.41. The van der Waals surface area contributed by atoms with Gasteiger partial charge in [-0.3, -0.25) is 9.69 Å². The highest BCUT2D eigenvalue weighted by atomic mass is 16.3. The second-order valence-corrected chi connectivity index (χ2v) is 9.56. The molecule has 1 saturated heterocycles. The number of piperidine rings is 1. The number of hydrogen-bond acceptors (Lipinski definition) is 3. The van der Waals surface area contributed by atoms with E-state index in [4.69, 9.17) is 0 Å². The standard InChI is InChI=1S/C26H32N2O2/c1-18-9-5-6-10-19(18)15-28-16-22-23(17-28)24(22)27-25(29)26(30,21-13-7-8-14-21)20-11-3-2-4-12-20/h2-6,9-12,21-24,30H,7-8,13-17H2,1H3,(H,27,29).